The number of rotatable bonds is 5. The molecule has 0 spiro atoms. The van der Waals surface area contributed by atoms with Gasteiger partial charge in [-0.1, -0.05) is 19.8 Å². The molecule has 0 heterocycles. The first-order valence-electron chi connectivity index (χ1n) is 6.78. The van der Waals surface area contributed by atoms with Crippen LogP contribution in [0.25, 0.3) is 0 Å². The van der Waals surface area contributed by atoms with Crippen LogP contribution < -0.4 is 5.32 Å². The molecule has 2 rings (SSSR count). The van der Waals surface area contributed by atoms with Gasteiger partial charge in [0.05, 0.1) is 0 Å². The third-order valence-corrected chi connectivity index (χ3v) is 4.31. The largest absolute Gasteiger partial charge is 0.312 e. The van der Waals surface area contributed by atoms with Crippen LogP contribution in [0.2, 0.25) is 0 Å². The molecule has 2 aliphatic rings. The molecule has 2 atom stereocenters. The molecule has 1 N–H and O–H groups in total. The molecule has 0 aromatic carbocycles. The zero-order valence-corrected chi connectivity index (χ0v) is 10.3. The average Bonchev–Trinajstić information content (AvgIpc) is 2.59. The molecule has 2 fully saturated rings. The Kier molecular flexibility index (Phi) is 4.04. The summed E-state index contributed by atoms with van der Waals surface area (Å²) in [6.45, 7) is 3.45. The van der Waals surface area contributed by atoms with Gasteiger partial charge in [-0.05, 0) is 45.7 Å². The zero-order valence-electron chi connectivity index (χ0n) is 10.3. The molecular formula is C13H26N2. The second kappa shape index (κ2) is 5.31. The predicted molar refractivity (Wildman–Crippen MR) is 65.1 cm³/mol. The quantitative estimate of drug-likeness (QED) is 0.749. The van der Waals surface area contributed by atoms with E-state index in [4.69, 9.17) is 0 Å². The van der Waals surface area contributed by atoms with Crippen LogP contribution in [-0.4, -0.2) is 36.6 Å². The van der Waals surface area contributed by atoms with E-state index in [9.17, 15) is 0 Å². The smallest absolute Gasteiger partial charge is 0.0249 e. The van der Waals surface area contributed by atoms with E-state index in [0.29, 0.717) is 0 Å². The molecule has 0 amide bonds. The second-order valence-corrected chi connectivity index (χ2v) is 5.31. The summed E-state index contributed by atoms with van der Waals surface area (Å²) in [6, 6.07) is 2.50. The summed E-state index contributed by atoms with van der Waals surface area (Å²) in [5.74, 6) is 0. The summed E-state index contributed by atoms with van der Waals surface area (Å²) >= 11 is 0. The molecule has 15 heavy (non-hydrogen) atoms. The van der Waals surface area contributed by atoms with Crippen LogP contribution >= 0.6 is 0 Å². The maximum atomic E-state index is 3.72. The molecule has 0 aliphatic heterocycles. The van der Waals surface area contributed by atoms with Gasteiger partial charge >= 0.3 is 0 Å². The highest BCUT2D eigenvalue weighted by Crippen LogP contribution is 2.31. The second-order valence-electron chi connectivity index (χ2n) is 5.31. The van der Waals surface area contributed by atoms with Crippen molar-refractivity contribution in [3.8, 4) is 0 Å². The maximum Gasteiger partial charge on any atom is 0.0249 e. The summed E-state index contributed by atoms with van der Waals surface area (Å²) in [4.78, 5) is 2.67. The van der Waals surface area contributed by atoms with Crippen LogP contribution in [-0.2, 0) is 0 Å². The van der Waals surface area contributed by atoms with E-state index >= 15 is 0 Å². The van der Waals surface area contributed by atoms with E-state index < -0.39 is 0 Å². The van der Waals surface area contributed by atoms with Crippen molar-refractivity contribution < 1.29 is 0 Å². The van der Waals surface area contributed by atoms with E-state index in [0.717, 1.165) is 18.1 Å². The normalized spacial score (nSPS) is 32.2. The van der Waals surface area contributed by atoms with Crippen molar-refractivity contribution in [2.45, 2.75) is 70.0 Å². The minimum Gasteiger partial charge on any atom is -0.312 e. The molecule has 2 unspecified atom stereocenters. The lowest BCUT2D eigenvalue weighted by molar-refractivity contribution is 0.0976. The topological polar surface area (TPSA) is 15.3 Å². The van der Waals surface area contributed by atoms with Gasteiger partial charge in [0, 0.05) is 18.1 Å². The van der Waals surface area contributed by atoms with E-state index in [1.807, 2.05) is 0 Å². The zero-order chi connectivity index (χ0) is 10.7. The highest BCUT2D eigenvalue weighted by Gasteiger charge is 2.34. The third kappa shape index (κ3) is 2.54. The highest BCUT2D eigenvalue weighted by atomic mass is 15.2. The lowest BCUT2D eigenvalue weighted by Gasteiger charge is -2.41. The molecule has 88 valence electrons. The Bertz CT molecular complexity index is 189. The monoisotopic (exact) mass is 210 g/mol. The standard InChI is InChI=1S/C13H26N2/c1-3-10-14-12-8-5-9-13(12)15(2)11-6-4-7-11/h11-14H,3-10H2,1-2H3. The van der Waals surface area contributed by atoms with Gasteiger partial charge in [0.15, 0.2) is 0 Å². The molecule has 0 aromatic rings. The first-order chi connectivity index (χ1) is 7.33. The first kappa shape index (κ1) is 11.4. The van der Waals surface area contributed by atoms with Crippen molar-refractivity contribution in [2.75, 3.05) is 13.6 Å². The summed E-state index contributed by atoms with van der Waals surface area (Å²) < 4.78 is 0. The lowest BCUT2D eigenvalue weighted by Crippen LogP contribution is -2.51. The number of nitrogens with zero attached hydrogens (tertiary/aromatic N) is 1. The highest BCUT2D eigenvalue weighted by molar-refractivity contribution is 4.93. The summed E-state index contributed by atoms with van der Waals surface area (Å²) in [5, 5.41) is 3.72. The van der Waals surface area contributed by atoms with E-state index in [-0.39, 0.29) is 0 Å². The molecule has 0 bridgehead atoms. The van der Waals surface area contributed by atoms with Gasteiger partial charge in [0.2, 0.25) is 0 Å². The predicted octanol–water partition coefficient (Wildman–Crippen LogP) is 2.39. The van der Waals surface area contributed by atoms with E-state index in [1.54, 1.807) is 0 Å². The lowest BCUT2D eigenvalue weighted by atomic mass is 9.90. The van der Waals surface area contributed by atoms with Crippen LogP contribution in [0, 0.1) is 0 Å². The SMILES string of the molecule is CCCNC1CCCC1N(C)C1CCC1. The van der Waals surface area contributed by atoms with E-state index in [2.05, 4.69) is 24.2 Å². The Morgan fingerprint density at radius 3 is 2.47 bits per heavy atom. The Labute approximate surface area is 94.4 Å². The minimum absolute atomic E-state index is 0.774. The number of likely N-dealkylation sites (N-methyl/N-ethyl adjacent to an activating group) is 1. The molecule has 0 aromatic heterocycles. The van der Waals surface area contributed by atoms with E-state index in [1.165, 1.54) is 51.5 Å². The summed E-state index contributed by atoms with van der Waals surface area (Å²) in [6.07, 6.45) is 9.81. The molecule has 2 nitrogen and oxygen atoms in total. The minimum atomic E-state index is 0.774. The third-order valence-electron chi connectivity index (χ3n) is 4.31. The summed E-state index contributed by atoms with van der Waals surface area (Å²) in [5.41, 5.74) is 0. The van der Waals surface area contributed by atoms with Gasteiger partial charge in [-0.3, -0.25) is 4.90 Å². The van der Waals surface area contributed by atoms with Crippen molar-refractivity contribution in [1.29, 1.82) is 0 Å². The molecule has 0 radical (unpaired) electrons. The van der Waals surface area contributed by atoms with Gasteiger partial charge in [0.25, 0.3) is 0 Å². The summed E-state index contributed by atoms with van der Waals surface area (Å²) in [7, 11) is 2.35. The van der Waals surface area contributed by atoms with Gasteiger partial charge < -0.3 is 5.32 Å². The Morgan fingerprint density at radius 1 is 1.13 bits per heavy atom. The Morgan fingerprint density at radius 2 is 1.87 bits per heavy atom. The van der Waals surface area contributed by atoms with Crippen molar-refractivity contribution in [1.82, 2.24) is 10.2 Å². The van der Waals surface area contributed by atoms with Crippen molar-refractivity contribution in [3.05, 3.63) is 0 Å². The van der Waals surface area contributed by atoms with Gasteiger partial charge in [0.1, 0.15) is 0 Å². The number of hydrogen-bond acceptors (Lipinski definition) is 2. The van der Waals surface area contributed by atoms with Crippen LogP contribution in [0.1, 0.15) is 51.9 Å². The fourth-order valence-electron chi connectivity index (χ4n) is 3.06. The number of nitrogens with one attached hydrogen (secondary N) is 1. The number of hydrogen-bond donors (Lipinski definition) is 1. The molecule has 2 saturated carbocycles. The maximum absolute atomic E-state index is 3.72. The van der Waals surface area contributed by atoms with Crippen LogP contribution in [0.15, 0.2) is 0 Å². The fourth-order valence-corrected chi connectivity index (χ4v) is 3.06. The van der Waals surface area contributed by atoms with Gasteiger partial charge in [-0.25, -0.2) is 0 Å². The molecular weight excluding hydrogens is 184 g/mol. The first-order valence-corrected chi connectivity index (χ1v) is 6.78. The van der Waals surface area contributed by atoms with Gasteiger partial charge in [-0.15, -0.1) is 0 Å². The molecule has 0 saturated heterocycles. The van der Waals surface area contributed by atoms with Crippen molar-refractivity contribution >= 4 is 0 Å². The Hall–Kier alpha value is -0.0800. The van der Waals surface area contributed by atoms with Gasteiger partial charge in [-0.2, -0.15) is 0 Å². The van der Waals surface area contributed by atoms with Crippen LogP contribution in [0.5, 0.6) is 0 Å². The van der Waals surface area contributed by atoms with Crippen molar-refractivity contribution in [2.24, 2.45) is 0 Å². The average molecular weight is 210 g/mol. The van der Waals surface area contributed by atoms with Crippen molar-refractivity contribution in [3.63, 3.8) is 0 Å². The molecule has 2 aliphatic carbocycles. The van der Waals surface area contributed by atoms with Crippen LogP contribution in [0.3, 0.4) is 0 Å². The fraction of sp³-hybridized carbons (Fsp3) is 1.00. The van der Waals surface area contributed by atoms with Crippen LogP contribution in [0.4, 0.5) is 0 Å². The Balaban J connectivity index is 1.82. The molecule has 2 heteroatoms.